The highest BCUT2D eigenvalue weighted by molar-refractivity contribution is 6.07. The van der Waals surface area contributed by atoms with Crippen molar-refractivity contribution in [2.75, 3.05) is 5.73 Å². The van der Waals surface area contributed by atoms with E-state index in [1.165, 1.54) is 23.5 Å². The highest BCUT2D eigenvalue weighted by Gasteiger charge is 2.26. The molecule has 0 saturated heterocycles. The first-order valence-corrected chi connectivity index (χ1v) is 12.6. The lowest BCUT2D eigenvalue weighted by molar-refractivity contribution is -0.117. The van der Waals surface area contributed by atoms with Crippen molar-refractivity contribution in [3.8, 4) is 34.1 Å². The van der Waals surface area contributed by atoms with Crippen LogP contribution in [0.4, 0.5) is 5.82 Å². The van der Waals surface area contributed by atoms with Gasteiger partial charge in [0.1, 0.15) is 23.5 Å². The van der Waals surface area contributed by atoms with E-state index in [2.05, 4.69) is 54.6 Å². The van der Waals surface area contributed by atoms with Gasteiger partial charge in [-0.25, -0.2) is 19.9 Å². The minimum absolute atomic E-state index is 0.0548. The Balaban J connectivity index is 1.42. The highest BCUT2D eigenvalue weighted by atomic mass is 16.5. The first-order valence-electron chi connectivity index (χ1n) is 12.6. The number of carbonyl (C=O) groups excluding carboxylic acids is 1. The number of anilines is 1. The van der Waals surface area contributed by atoms with Crippen molar-refractivity contribution in [2.24, 2.45) is 7.05 Å². The maximum absolute atomic E-state index is 11.9. The topological polar surface area (TPSA) is 121 Å². The zero-order chi connectivity index (χ0) is 27.1. The van der Waals surface area contributed by atoms with Crippen LogP contribution < -0.4 is 15.8 Å². The molecule has 0 bridgehead atoms. The van der Waals surface area contributed by atoms with Crippen molar-refractivity contribution in [1.29, 1.82) is 0 Å². The van der Waals surface area contributed by atoms with Gasteiger partial charge in [0.2, 0.25) is 5.91 Å². The maximum atomic E-state index is 11.9. The molecule has 0 radical (unpaired) electrons. The number of benzene rings is 2. The summed E-state index contributed by atoms with van der Waals surface area (Å²) < 4.78 is 7.92. The van der Waals surface area contributed by atoms with Crippen LogP contribution in [0.2, 0.25) is 0 Å². The molecule has 3 N–H and O–H groups in total. The number of aromatic nitrogens is 5. The second kappa shape index (κ2) is 9.68. The first kappa shape index (κ1) is 24.3. The zero-order valence-corrected chi connectivity index (χ0v) is 21.7. The Morgan fingerprint density at radius 1 is 1.08 bits per heavy atom. The van der Waals surface area contributed by atoms with Crippen molar-refractivity contribution >= 4 is 22.8 Å². The molecule has 3 heterocycles. The summed E-state index contributed by atoms with van der Waals surface area (Å²) in [5.74, 6) is 0.888. The molecule has 9 heteroatoms. The molecule has 1 aliphatic rings. The predicted molar refractivity (Wildman–Crippen MR) is 150 cm³/mol. The predicted octanol–water partition coefficient (Wildman–Crippen LogP) is 4.54. The fourth-order valence-corrected chi connectivity index (χ4v) is 5.29. The van der Waals surface area contributed by atoms with E-state index in [4.69, 9.17) is 10.5 Å². The van der Waals surface area contributed by atoms with Crippen LogP contribution in [0.25, 0.3) is 33.4 Å². The zero-order valence-electron chi connectivity index (χ0n) is 21.7. The lowest BCUT2D eigenvalue weighted by Gasteiger charge is -2.11. The number of nitrogens with two attached hydrogens (primary N) is 1. The molecule has 0 spiro atoms. The molecule has 1 aliphatic carbocycles. The lowest BCUT2D eigenvalue weighted by atomic mass is 9.96. The molecule has 0 fully saturated rings. The van der Waals surface area contributed by atoms with Crippen molar-refractivity contribution in [3.63, 3.8) is 0 Å². The SMILES string of the molecule is C=CC(=O)N[C@H]1Cc2ccc(-c3c(-c4ccc(Oc5nccc(C)n5)cc4)c4c(N)ncnc4n3C)cc2C1. The van der Waals surface area contributed by atoms with Gasteiger partial charge in [-0.15, -0.1) is 0 Å². The molecular weight excluding hydrogens is 490 g/mol. The molecule has 194 valence electrons. The molecule has 1 amide bonds. The fraction of sp³-hybridized carbons (Fsp3) is 0.167. The van der Waals surface area contributed by atoms with E-state index >= 15 is 0 Å². The van der Waals surface area contributed by atoms with Crippen molar-refractivity contribution in [1.82, 2.24) is 29.8 Å². The summed E-state index contributed by atoms with van der Waals surface area (Å²) in [7, 11) is 1.99. The Labute approximate surface area is 225 Å². The Kier molecular flexibility index (Phi) is 6.03. The number of carbonyl (C=O) groups is 1. The largest absolute Gasteiger partial charge is 0.424 e. The molecule has 2 aromatic carbocycles. The number of hydrogen-bond acceptors (Lipinski definition) is 7. The lowest BCUT2D eigenvalue weighted by Crippen LogP contribution is -2.33. The van der Waals surface area contributed by atoms with Crippen LogP contribution in [0.15, 0.2) is 73.7 Å². The van der Waals surface area contributed by atoms with Gasteiger partial charge in [0.15, 0.2) is 0 Å². The Hall–Kier alpha value is -5.05. The molecule has 9 nitrogen and oxygen atoms in total. The summed E-state index contributed by atoms with van der Waals surface area (Å²) in [5, 5.41) is 3.81. The van der Waals surface area contributed by atoms with Gasteiger partial charge in [0.25, 0.3) is 0 Å². The monoisotopic (exact) mass is 517 g/mol. The number of fused-ring (bicyclic) bond motifs is 2. The molecule has 1 atom stereocenters. The standard InChI is InChI=1S/C30H27N7O2/c1-4-24(38)36-22-14-19-5-6-20(13-21(19)15-22)27-25(26-28(31)33-16-34-29(26)37(27)3)18-7-9-23(10-8-18)39-30-32-12-11-17(2)35-30/h4-13,16,22H,1,14-15H2,2-3H3,(H,36,38)(H2,31,33,34)/t22-/m0/s1. The van der Waals surface area contributed by atoms with Gasteiger partial charge < -0.3 is 20.4 Å². The van der Waals surface area contributed by atoms with Gasteiger partial charge in [-0.1, -0.05) is 30.8 Å². The van der Waals surface area contributed by atoms with E-state index in [-0.39, 0.29) is 11.9 Å². The van der Waals surface area contributed by atoms with Gasteiger partial charge in [0.05, 0.1) is 11.1 Å². The third-order valence-electron chi connectivity index (χ3n) is 7.07. The summed E-state index contributed by atoms with van der Waals surface area (Å²) in [4.78, 5) is 29.2. The molecule has 0 unspecified atom stereocenters. The quantitative estimate of drug-likeness (QED) is 0.317. The Morgan fingerprint density at radius 2 is 1.85 bits per heavy atom. The summed E-state index contributed by atoms with van der Waals surface area (Å²) in [6.45, 7) is 5.45. The number of nitrogens with one attached hydrogen (secondary N) is 1. The third-order valence-corrected chi connectivity index (χ3v) is 7.07. The van der Waals surface area contributed by atoms with Gasteiger partial charge in [-0.2, -0.15) is 0 Å². The van der Waals surface area contributed by atoms with Crippen molar-refractivity contribution in [2.45, 2.75) is 25.8 Å². The van der Waals surface area contributed by atoms with Crippen LogP contribution in [0.1, 0.15) is 16.8 Å². The maximum Gasteiger partial charge on any atom is 0.322 e. The number of nitrogen functional groups attached to an aromatic ring is 1. The number of hydrogen-bond donors (Lipinski definition) is 2. The third kappa shape index (κ3) is 4.48. The molecule has 6 rings (SSSR count). The van der Waals surface area contributed by atoms with Crippen molar-refractivity contribution in [3.05, 3.63) is 90.5 Å². The van der Waals surface area contributed by atoms with Crippen LogP contribution in [-0.2, 0) is 24.7 Å². The molecule has 39 heavy (non-hydrogen) atoms. The Bertz CT molecular complexity index is 1740. The number of rotatable bonds is 6. The van der Waals surface area contributed by atoms with E-state index in [9.17, 15) is 4.79 Å². The number of amides is 1. The first-order chi connectivity index (χ1) is 18.9. The number of aryl methyl sites for hydroxylation is 2. The molecular formula is C30H27N7O2. The number of nitrogens with zero attached hydrogens (tertiary/aromatic N) is 5. The van der Waals surface area contributed by atoms with Crippen LogP contribution in [-0.4, -0.2) is 36.5 Å². The van der Waals surface area contributed by atoms with E-state index in [0.717, 1.165) is 52.0 Å². The van der Waals surface area contributed by atoms with Crippen LogP contribution in [0.5, 0.6) is 11.8 Å². The average molecular weight is 518 g/mol. The fourth-order valence-electron chi connectivity index (χ4n) is 5.29. The van der Waals surface area contributed by atoms with Crippen molar-refractivity contribution < 1.29 is 9.53 Å². The van der Waals surface area contributed by atoms with Gasteiger partial charge in [-0.3, -0.25) is 4.79 Å². The van der Waals surface area contributed by atoms with Crippen LogP contribution in [0.3, 0.4) is 0 Å². The average Bonchev–Trinajstić information content (AvgIpc) is 3.47. The van der Waals surface area contributed by atoms with E-state index in [1.807, 2.05) is 44.3 Å². The van der Waals surface area contributed by atoms with Gasteiger partial charge in [-0.05, 0) is 72.4 Å². The summed E-state index contributed by atoms with van der Waals surface area (Å²) in [5.41, 5.74) is 14.3. The minimum atomic E-state index is -0.153. The van der Waals surface area contributed by atoms with Crippen LogP contribution >= 0.6 is 0 Å². The smallest absolute Gasteiger partial charge is 0.322 e. The van der Waals surface area contributed by atoms with Gasteiger partial charge >= 0.3 is 6.01 Å². The van der Waals surface area contributed by atoms with Gasteiger partial charge in [0, 0.05) is 30.5 Å². The molecule has 5 aromatic rings. The normalized spacial score (nSPS) is 14.3. The minimum Gasteiger partial charge on any atom is -0.424 e. The highest BCUT2D eigenvalue weighted by Crippen LogP contribution is 2.43. The summed E-state index contributed by atoms with van der Waals surface area (Å²) in [6, 6.07) is 16.4. The molecule has 0 aliphatic heterocycles. The Morgan fingerprint density at radius 3 is 2.62 bits per heavy atom. The second-order valence-electron chi connectivity index (χ2n) is 9.65. The second-order valence-corrected chi connectivity index (χ2v) is 9.65. The number of ether oxygens (including phenoxy) is 1. The molecule has 3 aromatic heterocycles. The summed E-state index contributed by atoms with van der Waals surface area (Å²) >= 11 is 0. The van der Waals surface area contributed by atoms with Crippen LogP contribution in [0, 0.1) is 6.92 Å². The van der Waals surface area contributed by atoms with E-state index in [1.54, 1.807) is 6.20 Å². The van der Waals surface area contributed by atoms with E-state index in [0.29, 0.717) is 17.6 Å². The summed E-state index contributed by atoms with van der Waals surface area (Å²) in [6.07, 6.45) is 6.02. The van der Waals surface area contributed by atoms with E-state index < -0.39 is 0 Å². The molecule has 0 saturated carbocycles.